The molecule has 1 fully saturated rings. The average molecular weight is 198 g/mol. The predicted octanol–water partition coefficient (Wildman–Crippen LogP) is 5.59. The molecule has 0 nitrogen and oxygen atoms in total. The highest BCUT2D eigenvalue weighted by Crippen LogP contribution is 2.18. The summed E-state index contributed by atoms with van der Waals surface area (Å²) in [5.74, 6) is 0.935. The van der Waals surface area contributed by atoms with E-state index in [1.807, 2.05) is 13.8 Å². The fraction of sp³-hybridized carbons (Fsp3) is 0.857. The lowest BCUT2D eigenvalue weighted by Gasteiger charge is -2.13. The average Bonchev–Trinajstić information content (AvgIpc) is 2.93. The third-order valence-corrected chi connectivity index (χ3v) is 1.73. The normalized spacial score (nSPS) is 19.6. The summed E-state index contributed by atoms with van der Waals surface area (Å²) >= 11 is 0. The molecular weight excluding hydrogens is 168 g/mol. The van der Waals surface area contributed by atoms with Gasteiger partial charge in [0, 0.05) is 0 Å². The van der Waals surface area contributed by atoms with Crippen LogP contribution >= 0.6 is 0 Å². The van der Waals surface area contributed by atoms with E-state index in [2.05, 4.69) is 32.9 Å². The quantitative estimate of drug-likeness (QED) is 0.482. The molecular formula is C14H30. The molecule has 0 aromatic carbocycles. The molecule has 0 aromatic rings. The summed E-state index contributed by atoms with van der Waals surface area (Å²) in [5, 5.41) is 0. The summed E-state index contributed by atoms with van der Waals surface area (Å²) in [6.45, 7) is 10.5. The molecule has 0 aromatic heterocycles. The zero-order valence-corrected chi connectivity index (χ0v) is 11.0. The standard InChI is InChI=1S/C6H10.C3H6.C3H8.C2H6/c1-2-6-4-3-5-6;1-2-3-1;1-3-2;1-2/h3-4,6H,2,5H2,1H3;1-3H2;3H2,1-2H3;1-2H3. The van der Waals surface area contributed by atoms with Crippen LogP contribution in [0.1, 0.15) is 73.1 Å². The van der Waals surface area contributed by atoms with E-state index < -0.39 is 0 Å². The van der Waals surface area contributed by atoms with Gasteiger partial charge in [-0.2, -0.15) is 0 Å². The molecule has 0 amide bonds. The minimum atomic E-state index is 0.935. The molecule has 0 aliphatic heterocycles. The fourth-order valence-corrected chi connectivity index (χ4v) is 0.631. The molecule has 1 atom stereocenters. The van der Waals surface area contributed by atoms with Crippen LogP contribution in [-0.2, 0) is 0 Å². The van der Waals surface area contributed by atoms with Crippen molar-refractivity contribution in [2.75, 3.05) is 0 Å². The summed E-state index contributed by atoms with van der Waals surface area (Å²) < 4.78 is 0. The summed E-state index contributed by atoms with van der Waals surface area (Å²) in [4.78, 5) is 0. The summed E-state index contributed by atoms with van der Waals surface area (Å²) in [6, 6.07) is 0. The lowest BCUT2D eigenvalue weighted by molar-refractivity contribution is 0.590. The molecule has 14 heavy (non-hydrogen) atoms. The maximum absolute atomic E-state index is 2.28. The van der Waals surface area contributed by atoms with E-state index in [0.29, 0.717) is 0 Å². The van der Waals surface area contributed by atoms with Gasteiger partial charge in [-0.1, -0.05) is 72.5 Å². The Morgan fingerprint density at radius 3 is 1.36 bits per heavy atom. The second-order valence-corrected chi connectivity index (χ2v) is 3.60. The highest BCUT2D eigenvalue weighted by molar-refractivity contribution is 5.00. The Labute approximate surface area is 91.8 Å². The van der Waals surface area contributed by atoms with Gasteiger partial charge in [0.1, 0.15) is 0 Å². The Bertz CT molecular complexity index is 97.9. The molecule has 0 saturated heterocycles. The number of hydrogen-bond donors (Lipinski definition) is 0. The van der Waals surface area contributed by atoms with Gasteiger partial charge in [0.2, 0.25) is 0 Å². The molecule has 0 heteroatoms. The first kappa shape index (κ1) is 16.2. The third kappa shape index (κ3) is 17.7. The van der Waals surface area contributed by atoms with E-state index in [1.54, 1.807) is 0 Å². The van der Waals surface area contributed by atoms with Gasteiger partial charge in [-0.3, -0.25) is 0 Å². The van der Waals surface area contributed by atoms with Crippen molar-refractivity contribution in [1.82, 2.24) is 0 Å². The van der Waals surface area contributed by atoms with Crippen molar-refractivity contribution >= 4 is 0 Å². The number of rotatable bonds is 1. The summed E-state index contributed by atoms with van der Waals surface area (Å²) in [6.07, 6.45) is 12.9. The molecule has 0 heterocycles. The van der Waals surface area contributed by atoms with E-state index in [4.69, 9.17) is 0 Å². The Kier molecular flexibility index (Phi) is 17.6. The first-order valence-electron chi connectivity index (χ1n) is 6.51. The Hall–Kier alpha value is -0.260. The Morgan fingerprint density at radius 1 is 1.00 bits per heavy atom. The zero-order chi connectivity index (χ0) is 11.2. The van der Waals surface area contributed by atoms with Gasteiger partial charge < -0.3 is 0 Å². The van der Waals surface area contributed by atoms with Crippen LogP contribution < -0.4 is 0 Å². The van der Waals surface area contributed by atoms with Crippen LogP contribution in [-0.4, -0.2) is 0 Å². The van der Waals surface area contributed by atoms with E-state index >= 15 is 0 Å². The summed E-state index contributed by atoms with van der Waals surface area (Å²) in [5.41, 5.74) is 0. The van der Waals surface area contributed by atoms with Crippen molar-refractivity contribution in [2.24, 2.45) is 5.92 Å². The van der Waals surface area contributed by atoms with Crippen molar-refractivity contribution in [3.8, 4) is 0 Å². The van der Waals surface area contributed by atoms with Crippen LogP contribution in [0, 0.1) is 5.92 Å². The minimum absolute atomic E-state index is 0.935. The van der Waals surface area contributed by atoms with Crippen LogP contribution in [0.25, 0.3) is 0 Å². The molecule has 86 valence electrons. The highest BCUT2D eigenvalue weighted by atomic mass is 14.1. The first-order valence-corrected chi connectivity index (χ1v) is 6.51. The molecule has 1 unspecified atom stereocenters. The van der Waals surface area contributed by atoms with E-state index in [0.717, 1.165) is 5.92 Å². The van der Waals surface area contributed by atoms with Crippen molar-refractivity contribution in [2.45, 2.75) is 73.1 Å². The Morgan fingerprint density at radius 2 is 1.36 bits per heavy atom. The second-order valence-electron chi connectivity index (χ2n) is 3.60. The van der Waals surface area contributed by atoms with Gasteiger partial charge >= 0.3 is 0 Å². The third-order valence-electron chi connectivity index (χ3n) is 1.73. The van der Waals surface area contributed by atoms with Crippen LogP contribution in [0.3, 0.4) is 0 Å². The van der Waals surface area contributed by atoms with Crippen molar-refractivity contribution < 1.29 is 0 Å². The molecule has 0 radical (unpaired) electrons. The van der Waals surface area contributed by atoms with Crippen molar-refractivity contribution in [3.05, 3.63) is 12.2 Å². The lowest BCUT2D eigenvalue weighted by Crippen LogP contribution is -1.98. The number of allylic oxidation sites excluding steroid dienone is 2. The van der Waals surface area contributed by atoms with Crippen LogP contribution in [0.5, 0.6) is 0 Å². The van der Waals surface area contributed by atoms with Gasteiger partial charge in [-0.25, -0.2) is 0 Å². The molecule has 0 bridgehead atoms. The van der Waals surface area contributed by atoms with Gasteiger partial charge in [0.05, 0.1) is 0 Å². The molecule has 0 spiro atoms. The second kappa shape index (κ2) is 15.2. The van der Waals surface area contributed by atoms with E-state index in [1.165, 1.54) is 38.5 Å². The minimum Gasteiger partial charge on any atom is -0.0877 e. The maximum atomic E-state index is 2.28. The number of hydrogen-bond acceptors (Lipinski definition) is 0. The van der Waals surface area contributed by atoms with E-state index in [9.17, 15) is 0 Å². The largest absolute Gasteiger partial charge is 0.0877 e. The predicted molar refractivity (Wildman–Crippen MR) is 68.7 cm³/mol. The Balaban J connectivity index is 0. The highest BCUT2D eigenvalue weighted by Gasteiger charge is 2.04. The maximum Gasteiger partial charge on any atom is -0.0202 e. The lowest BCUT2D eigenvalue weighted by atomic mass is 9.93. The van der Waals surface area contributed by atoms with Gasteiger partial charge in [0.25, 0.3) is 0 Å². The van der Waals surface area contributed by atoms with Gasteiger partial charge in [-0.15, -0.1) is 0 Å². The molecule has 2 aliphatic carbocycles. The van der Waals surface area contributed by atoms with E-state index in [-0.39, 0.29) is 0 Å². The molecule has 0 N–H and O–H groups in total. The summed E-state index contributed by atoms with van der Waals surface area (Å²) in [7, 11) is 0. The van der Waals surface area contributed by atoms with Gasteiger partial charge in [-0.05, 0) is 18.8 Å². The first-order chi connectivity index (χ1) is 6.85. The van der Waals surface area contributed by atoms with Crippen molar-refractivity contribution in [1.29, 1.82) is 0 Å². The van der Waals surface area contributed by atoms with Crippen LogP contribution in [0.2, 0.25) is 0 Å². The topological polar surface area (TPSA) is 0 Å². The van der Waals surface area contributed by atoms with Crippen LogP contribution in [0.4, 0.5) is 0 Å². The zero-order valence-electron chi connectivity index (χ0n) is 11.0. The monoisotopic (exact) mass is 198 g/mol. The van der Waals surface area contributed by atoms with Crippen LogP contribution in [0.15, 0.2) is 12.2 Å². The fourth-order valence-electron chi connectivity index (χ4n) is 0.631. The van der Waals surface area contributed by atoms with Gasteiger partial charge in [0.15, 0.2) is 0 Å². The molecule has 2 rings (SSSR count). The molecule has 1 saturated carbocycles. The SMILES string of the molecule is C1CC1.CC.CCC.CCC1C=CC1. The van der Waals surface area contributed by atoms with Crippen molar-refractivity contribution in [3.63, 3.8) is 0 Å². The molecule has 2 aliphatic rings. The smallest absolute Gasteiger partial charge is 0.0202 e.